The Bertz CT molecular complexity index is 412. The highest BCUT2D eigenvalue weighted by atomic mass is 16.5. The van der Waals surface area contributed by atoms with Crippen LogP contribution in [-0.4, -0.2) is 44.0 Å². The zero-order valence-corrected chi connectivity index (χ0v) is 11.5. The molecule has 0 bridgehead atoms. The van der Waals surface area contributed by atoms with E-state index in [-0.39, 0.29) is 5.60 Å². The van der Waals surface area contributed by atoms with Crippen molar-refractivity contribution in [2.24, 2.45) is 5.92 Å². The second-order valence-corrected chi connectivity index (χ2v) is 5.73. The second-order valence-electron chi connectivity index (χ2n) is 5.73. The topological polar surface area (TPSA) is 34.6 Å². The minimum atomic E-state index is 0.0776. The van der Waals surface area contributed by atoms with Crippen LogP contribution in [0.1, 0.15) is 19.3 Å². The van der Waals surface area contributed by atoms with Gasteiger partial charge < -0.3 is 14.4 Å². The van der Waals surface area contributed by atoms with Crippen LogP contribution in [0.4, 0.5) is 5.69 Å². The molecule has 0 radical (unpaired) electrons. The number of rotatable bonds is 4. The first-order chi connectivity index (χ1) is 9.31. The molecular weight excluding hydrogens is 240 g/mol. The monoisotopic (exact) mass is 262 g/mol. The lowest BCUT2D eigenvalue weighted by atomic mass is 9.92. The summed E-state index contributed by atoms with van der Waals surface area (Å²) in [5.41, 5.74) is 1.29. The van der Waals surface area contributed by atoms with Crippen LogP contribution < -0.4 is 4.90 Å². The standard InChI is InChI=1S/C15H22N2O2/c1-18-8-4-13-9-15(19-11-13)5-7-17(12-15)14-3-2-6-16-10-14/h2-3,6,10,13H,4-5,7-9,11-12H2,1H3/t13-,15+/m0/s1. The summed E-state index contributed by atoms with van der Waals surface area (Å²) in [7, 11) is 1.77. The first kappa shape index (κ1) is 12.9. The summed E-state index contributed by atoms with van der Waals surface area (Å²) in [4.78, 5) is 6.60. The van der Waals surface area contributed by atoms with Gasteiger partial charge in [-0.3, -0.25) is 4.98 Å². The summed E-state index contributed by atoms with van der Waals surface area (Å²) in [5.74, 6) is 0.661. The zero-order chi connectivity index (χ0) is 13.1. The lowest BCUT2D eigenvalue weighted by molar-refractivity contribution is 0.0213. The Morgan fingerprint density at radius 1 is 1.58 bits per heavy atom. The molecule has 3 rings (SSSR count). The third-order valence-electron chi connectivity index (χ3n) is 4.34. The number of pyridine rings is 1. The Morgan fingerprint density at radius 2 is 2.53 bits per heavy atom. The molecule has 0 aliphatic carbocycles. The van der Waals surface area contributed by atoms with Gasteiger partial charge in [0.1, 0.15) is 0 Å². The number of anilines is 1. The Hall–Kier alpha value is -1.13. The summed E-state index contributed by atoms with van der Waals surface area (Å²) in [6, 6.07) is 4.13. The van der Waals surface area contributed by atoms with E-state index >= 15 is 0 Å². The van der Waals surface area contributed by atoms with E-state index in [0.717, 1.165) is 39.1 Å². The predicted octanol–water partition coefficient (Wildman–Crippen LogP) is 2.10. The molecule has 0 amide bonds. The molecule has 0 unspecified atom stereocenters. The average Bonchev–Trinajstić information content (AvgIpc) is 3.05. The van der Waals surface area contributed by atoms with Crippen molar-refractivity contribution in [3.8, 4) is 0 Å². The van der Waals surface area contributed by atoms with E-state index in [2.05, 4.69) is 16.0 Å². The van der Waals surface area contributed by atoms with Gasteiger partial charge in [0.25, 0.3) is 0 Å². The van der Waals surface area contributed by atoms with Gasteiger partial charge in [-0.05, 0) is 37.3 Å². The van der Waals surface area contributed by atoms with Gasteiger partial charge in [-0.2, -0.15) is 0 Å². The molecule has 2 fully saturated rings. The smallest absolute Gasteiger partial charge is 0.0876 e. The van der Waals surface area contributed by atoms with Crippen LogP contribution in [0.25, 0.3) is 0 Å². The Balaban J connectivity index is 1.60. The normalized spacial score (nSPS) is 30.4. The van der Waals surface area contributed by atoms with Crippen molar-refractivity contribution in [1.82, 2.24) is 4.98 Å². The first-order valence-corrected chi connectivity index (χ1v) is 7.09. The molecule has 2 aliphatic heterocycles. The van der Waals surface area contributed by atoms with Gasteiger partial charge in [-0.1, -0.05) is 0 Å². The van der Waals surface area contributed by atoms with Crippen LogP contribution in [0.3, 0.4) is 0 Å². The number of nitrogens with zero attached hydrogens (tertiary/aromatic N) is 2. The molecule has 1 aromatic rings. The van der Waals surface area contributed by atoms with E-state index in [9.17, 15) is 0 Å². The average molecular weight is 262 g/mol. The van der Waals surface area contributed by atoms with Crippen molar-refractivity contribution < 1.29 is 9.47 Å². The minimum Gasteiger partial charge on any atom is -0.385 e. The molecule has 1 aromatic heterocycles. The maximum Gasteiger partial charge on any atom is 0.0876 e. The van der Waals surface area contributed by atoms with Gasteiger partial charge >= 0.3 is 0 Å². The highest BCUT2D eigenvalue weighted by molar-refractivity contribution is 5.45. The van der Waals surface area contributed by atoms with Gasteiger partial charge in [0.05, 0.1) is 24.1 Å². The van der Waals surface area contributed by atoms with Crippen LogP contribution in [0.2, 0.25) is 0 Å². The number of hydrogen-bond acceptors (Lipinski definition) is 4. The maximum absolute atomic E-state index is 6.15. The maximum atomic E-state index is 6.15. The van der Waals surface area contributed by atoms with Crippen molar-refractivity contribution >= 4 is 5.69 Å². The number of ether oxygens (including phenoxy) is 2. The van der Waals surface area contributed by atoms with E-state index in [4.69, 9.17) is 9.47 Å². The lowest BCUT2D eigenvalue weighted by Crippen LogP contribution is -2.32. The quantitative estimate of drug-likeness (QED) is 0.832. The highest BCUT2D eigenvalue weighted by Gasteiger charge is 2.45. The van der Waals surface area contributed by atoms with Gasteiger partial charge in [0.15, 0.2) is 0 Å². The molecule has 4 nitrogen and oxygen atoms in total. The zero-order valence-electron chi connectivity index (χ0n) is 11.5. The predicted molar refractivity (Wildman–Crippen MR) is 74.4 cm³/mol. The van der Waals surface area contributed by atoms with Crippen LogP contribution in [0, 0.1) is 5.92 Å². The molecule has 1 spiro atoms. The Labute approximate surface area is 114 Å². The molecule has 0 saturated carbocycles. The molecule has 4 heteroatoms. The highest BCUT2D eigenvalue weighted by Crippen LogP contribution is 2.40. The van der Waals surface area contributed by atoms with Crippen LogP contribution in [-0.2, 0) is 9.47 Å². The molecule has 0 N–H and O–H groups in total. The summed E-state index contributed by atoms with van der Waals surface area (Å²) in [6.45, 7) is 3.81. The van der Waals surface area contributed by atoms with E-state index in [1.807, 2.05) is 18.5 Å². The number of hydrogen-bond donors (Lipinski definition) is 0. The fourth-order valence-electron chi connectivity index (χ4n) is 3.30. The molecule has 0 aromatic carbocycles. The SMILES string of the molecule is COCC[C@@H]1CO[C@]2(CCN(c3cccnc3)C2)C1. The van der Waals surface area contributed by atoms with Crippen molar-refractivity contribution in [2.45, 2.75) is 24.9 Å². The van der Waals surface area contributed by atoms with E-state index in [0.29, 0.717) is 5.92 Å². The number of aromatic nitrogens is 1. The van der Waals surface area contributed by atoms with Gasteiger partial charge in [0.2, 0.25) is 0 Å². The molecule has 2 aliphatic rings. The van der Waals surface area contributed by atoms with Crippen LogP contribution in [0.15, 0.2) is 24.5 Å². The molecule has 3 heterocycles. The fourth-order valence-corrected chi connectivity index (χ4v) is 3.30. The number of methoxy groups -OCH3 is 1. The van der Waals surface area contributed by atoms with E-state index < -0.39 is 0 Å². The minimum absolute atomic E-state index is 0.0776. The molecule has 2 atom stereocenters. The Morgan fingerprint density at radius 3 is 3.32 bits per heavy atom. The van der Waals surface area contributed by atoms with Gasteiger partial charge in [-0.15, -0.1) is 0 Å². The van der Waals surface area contributed by atoms with E-state index in [1.165, 1.54) is 12.1 Å². The lowest BCUT2D eigenvalue weighted by Gasteiger charge is -2.24. The van der Waals surface area contributed by atoms with Crippen molar-refractivity contribution in [1.29, 1.82) is 0 Å². The molecular formula is C15H22N2O2. The van der Waals surface area contributed by atoms with Crippen molar-refractivity contribution in [3.05, 3.63) is 24.5 Å². The van der Waals surface area contributed by atoms with Crippen LogP contribution in [0.5, 0.6) is 0 Å². The third-order valence-corrected chi connectivity index (χ3v) is 4.34. The Kier molecular flexibility index (Phi) is 3.71. The van der Waals surface area contributed by atoms with Gasteiger partial charge in [0, 0.05) is 33.0 Å². The molecule has 104 valence electrons. The van der Waals surface area contributed by atoms with Crippen LogP contribution >= 0.6 is 0 Å². The van der Waals surface area contributed by atoms with E-state index in [1.54, 1.807) is 7.11 Å². The largest absolute Gasteiger partial charge is 0.385 e. The molecule has 19 heavy (non-hydrogen) atoms. The first-order valence-electron chi connectivity index (χ1n) is 7.09. The van der Waals surface area contributed by atoms with Gasteiger partial charge in [-0.25, -0.2) is 0 Å². The summed E-state index contributed by atoms with van der Waals surface area (Å²) < 4.78 is 11.3. The van der Waals surface area contributed by atoms with Crippen molar-refractivity contribution in [2.75, 3.05) is 38.3 Å². The summed E-state index contributed by atoms with van der Waals surface area (Å²) in [5, 5.41) is 0. The second kappa shape index (κ2) is 5.47. The summed E-state index contributed by atoms with van der Waals surface area (Å²) in [6.07, 6.45) is 7.18. The third kappa shape index (κ3) is 2.74. The fraction of sp³-hybridized carbons (Fsp3) is 0.667. The molecule has 2 saturated heterocycles. The van der Waals surface area contributed by atoms with Crippen molar-refractivity contribution in [3.63, 3.8) is 0 Å². The summed E-state index contributed by atoms with van der Waals surface area (Å²) >= 11 is 0.